The van der Waals surface area contributed by atoms with Crippen LogP contribution >= 0.6 is 0 Å². The standard InChI is InChI=1S/C16H13F3N4O3S/c1-3-27(25,26)12-5-4-10(8-24)21-13(12)15-22-11-6-9(16(17,18)19)7-20-14(11)23(15)2/h4-8H,3H2,1-2H3. The highest BCUT2D eigenvalue weighted by Crippen LogP contribution is 2.32. The van der Waals surface area contributed by atoms with E-state index in [1.807, 2.05) is 0 Å². The zero-order chi connectivity index (χ0) is 20.0. The number of imidazole rings is 1. The molecule has 0 aliphatic rings. The van der Waals surface area contributed by atoms with Crippen molar-refractivity contribution in [3.05, 3.63) is 35.7 Å². The summed E-state index contributed by atoms with van der Waals surface area (Å²) in [5.41, 5.74) is -1.07. The van der Waals surface area contributed by atoms with Crippen LogP contribution < -0.4 is 0 Å². The molecule has 3 aromatic rings. The van der Waals surface area contributed by atoms with Crippen LogP contribution in [0, 0.1) is 0 Å². The SMILES string of the molecule is CCS(=O)(=O)c1ccc(C=O)nc1-c1nc2cc(C(F)(F)F)cnc2n1C. The lowest BCUT2D eigenvalue weighted by Crippen LogP contribution is -2.09. The molecule has 0 aliphatic carbocycles. The Kier molecular flexibility index (Phi) is 4.50. The number of alkyl halides is 3. The molecule has 0 amide bonds. The number of hydrogen-bond acceptors (Lipinski definition) is 6. The van der Waals surface area contributed by atoms with Gasteiger partial charge >= 0.3 is 6.18 Å². The summed E-state index contributed by atoms with van der Waals surface area (Å²) in [5.74, 6) is -0.227. The average molecular weight is 398 g/mol. The molecular formula is C16H13F3N4O3S. The number of rotatable bonds is 4. The van der Waals surface area contributed by atoms with Crippen molar-refractivity contribution < 1.29 is 26.4 Å². The molecule has 3 heterocycles. The Hall–Kier alpha value is -2.82. The largest absolute Gasteiger partial charge is 0.417 e. The third kappa shape index (κ3) is 3.29. The molecule has 0 aliphatic heterocycles. The van der Waals surface area contributed by atoms with Crippen molar-refractivity contribution in [3.63, 3.8) is 0 Å². The van der Waals surface area contributed by atoms with Crippen LogP contribution in [0.25, 0.3) is 22.7 Å². The Morgan fingerprint density at radius 2 is 1.93 bits per heavy atom. The normalized spacial score (nSPS) is 12.5. The highest BCUT2D eigenvalue weighted by Gasteiger charge is 2.32. The van der Waals surface area contributed by atoms with Crippen LogP contribution in [0.3, 0.4) is 0 Å². The van der Waals surface area contributed by atoms with Gasteiger partial charge in [-0.3, -0.25) is 4.79 Å². The molecule has 27 heavy (non-hydrogen) atoms. The van der Waals surface area contributed by atoms with E-state index in [4.69, 9.17) is 0 Å². The summed E-state index contributed by atoms with van der Waals surface area (Å²) in [6, 6.07) is 3.31. The van der Waals surface area contributed by atoms with E-state index in [1.165, 1.54) is 30.7 Å². The minimum atomic E-state index is -4.59. The van der Waals surface area contributed by atoms with Crippen molar-refractivity contribution in [2.75, 3.05) is 5.75 Å². The van der Waals surface area contributed by atoms with Crippen molar-refractivity contribution in [3.8, 4) is 11.5 Å². The summed E-state index contributed by atoms with van der Waals surface area (Å²) in [5, 5.41) is 0. The lowest BCUT2D eigenvalue weighted by atomic mass is 10.2. The first-order chi connectivity index (χ1) is 12.6. The Labute approximate surface area is 151 Å². The smallest absolute Gasteiger partial charge is 0.310 e. The van der Waals surface area contributed by atoms with Crippen molar-refractivity contribution >= 4 is 27.3 Å². The maximum atomic E-state index is 12.9. The molecule has 0 spiro atoms. The quantitative estimate of drug-likeness (QED) is 0.627. The monoisotopic (exact) mass is 398 g/mol. The van der Waals surface area contributed by atoms with Gasteiger partial charge in [0.2, 0.25) is 0 Å². The van der Waals surface area contributed by atoms with Crippen LogP contribution in [0.15, 0.2) is 29.3 Å². The number of fused-ring (bicyclic) bond motifs is 1. The van der Waals surface area contributed by atoms with Gasteiger partial charge in [-0.2, -0.15) is 13.2 Å². The van der Waals surface area contributed by atoms with Gasteiger partial charge in [-0.05, 0) is 18.2 Å². The Bertz CT molecular complexity index is 1150. The van der Waals surface area contributed by atoms with Gasteiger partial charge in [-0.15, -0.1) is 0 Å². The number of pyridine rings is 2. The third-order valence-electron chi connectivity index (χ3n) is 3.96. The summed E-state index contributed by atoms with van der Waals surface area (Å²) < 4.78 is 64.8. The van der Waals surface area contributed by atoms with E-state index in [-0.39, 0.29) is 39.0 Å². The van der Waals surface area contributed by atoms with Gasteiger partial charge < -0.3 is 4.57 Å². The number of aryl methyl sites for hydroxylation is 1. The molecule has 0 saturated carbocycles. The predicted molar refractivity (Wildman–Crippen MR) is 89.9 cm³/mol. The molecule has 0 fully saturated rings. The van der Waals surface area contributed by atoms with Crippen LogP contribution in [0.4, 0.5) is 13.2 Å². The van der Waals surface area contributed by atoms with E-state index in [1.54, 1.807) is 0 Å². The molecule has 0 unspecified atom stereocenters. The molecule has 7 nitrogen and oxygen atoms in total. The van der Waals surface area contributed by atoms with E-state index in [9.17, 15) is 26.4 Å². The van der Waals surface area contributed by atoms with Gasteiger partial charge in [-0.25, -0.2) is 23.4 Å². The topological polar surface area (TPSA) is 94.8 Å². The van der Waals surface area contributed by atoms with Crippen molar-refractivity contribution in [1.82, 2.24) is 19.5 Å². The molecule has 3 aromatic heterocycles. The number of carbonyl (C=O) groups is 1. The Balaban J connectivity index is 2.32. The van der Waals surface area contributed by atoms with E-state index >= 15 is 0 Å². The second kappa shape index (κ2) is 6.41. The Morgan fingerprint density at radius 3 is 2.52 bits per heavy atom. The lowest BCUT2D eigenvalue weighted by molar-refractivity contribution is -0.137. The van der Waals surface area contributed by atoms with E-state index < -0.39 is 21.6 Å². The van der Waals surface area contributed by atoms with Crippen LogP contribution in [-0.4, -0.2) is 40.0 Å². The zero-order valence-electron chi connectivity index (χ0n) is 14.1. The minimum Gasteiger partial charge on any atom is -0.310 e. The second-order valence-electron chi connectivity index (χ2n) is 5.66. The first-order valence-electron chi connectivity index (χ1n) is 7.67. The van der Waals surface area contributed by atoms with Crippen LogP contribution in [-0.2, 0) is 23.1 Å². The maximum Gasteiger partial charge on any atom is 0.417 e. The van der Waals surface area contributed by atoms with Gasteiger partial charge in [0.05, 0.1) is 16.2 Å². The van der Waals surface area contributed by atoms with E-state index in [2.05, 4.69) is 15.0 Å². The molecular weight excluding hydrogens is 385 g/mol. The lowest BCUT2D eigenvalue weighted by Gasteiger charge is -2.09. The van der Waals surface area contributed by atoms with E-state index in [0.717, 1.165) is 6.07 Å². The molecule has 0 bridgehead atoms. The second-order valence-corrected chi connectivity index (χ2v) is 7.91. The number of halogens is 3. The van der Waals surface area contributed by atoms with Gasteiger partial charge in [0.25, 0.3) is 0 Å². The molecule has 3 rings (SSSR count). The summed E-state index contributed by atoms with van der Waals surface area (Å²) in [4.78, 5) is 22.8. The van der Waals surface area contributed by atoms with Crippen LogP contribution in [0.2, 0.25) is 0 Å². The highest BCUT2D eigenvalue weighted by molar-refractivity contribution is 7.91. The van der Waals surface area contributed by atoms with Crippen LogP contribution in [0.1, 0.15) is 23.0 Å². The highest BCUT2D eigenvalue weighted by atomic mass is 32.2. The third-order valence-corrected chi connectivity index (χ3v) is 5.72. The van der Waals surface area contributed by atoms with Crippen molar-refractivity contribution in [1.29, 1.82) is 0 Å². The van der Waals surface area contributed by atoms with Gasteiger partial charge in [0.1, 0.15) is 16.9 Å². The Morgan fingerprint density at radius 1 is 1.22 bits per heavy atom. The van der Waals surface area contributed by atoms with Crippen molar-refractivity contribution in [2.45, 2.75) is 18.0 Å². The van der Waals surface area contributed by atoms with Crippen LogP contribution in [0.5, 0.6) is 0 Å². The predicted octanol–water partition coefficient (Wildman–Crippen LogP) is 2.66. The minimum absolute atomic E-state index is 0.00690. The summed E-state index contributed by atoms with van der Waals surface area (Å²) in [6.45, 7) is 1.44. The number of hydrogen-bond donors (Lipinski definition) is 0. The number of nitrogens with zero attached hydrogens (tertiary/aromatic N) is 4. The summed E-state index contributed by atoms with van der Waals surface area (Å²) >= 11 is 0. The summed E-state index contributed by atoms with van der Waals surface area (Å²) in [7, 11) is -2.25. The van der Waals surface area contributed by atoms with Crippen molar-refractivity contribution in [2.24, 2.45) is 7.05 Å². The molecule has 0 aromatic carbocycles. The fraction of sp³-hybridized carbons (Fsp3) is 0.250. The first kappa shape index (κ1) is 19.0. The van der Waals surface area contributed by atoms with Gasteiger partial charge in [-0.1, -0.05) is 6.92 Å². The maximum absolute atomic E-state index is 12.9. The molecule has 0 radical (unpaired) electrons. The van der Waals surface area contributed by atoms with Gasteiger partial charge in [0, 0.05) is 13.2 Å². The fourth-order valence-electron chi connectivity index (χ4n) is 2.54. The zero-order valence-corrected chi connectivity index (χ0v) is 15.0. The molecule has 0 saturated heterocycles. The molecule has 0 N–H and O–H groups in total. The van der Waals surface area contributed by atoms with E-state index in [0.29, 0.717) is 12.5 Å². The number of aldehydes is 1. The number of aromatic nitrogens is 4. The molecule has 142 valence electrons. The molecule has 11 heteroatoms. The number of sulfone groups is 1. The molecule has 0 atom stereocenters. The fourth-order valence-corrected chi connectivity index (χ4v) is 3.55. The number of carbonyl (C=O) groups excluding carboxylic acids is 1. The van der Waals surface area contributed by atoms with Gasteiger partial charge in [0.15, 0.2) is 27.6 Å². The summed E-state index contributed by atoms with van der Waals surface area (Å²) in [6.07, 6.45) is -3.48. The average Bonchev–Trinajstić information content (AvgIpc) is 2.96. The first-order valence-corrected chi connectivity index (χ1v) is 9.32.